The molecule has 2 atom stereocenters. The van der Waals surface area contributed by atoms with Crippen LogP contribution in [0.3, 0.4) is 0 Å². The number of aryl methyl sites for hydroxylation is 1. The van der Waals surface area contributed by atoms with Crippen molar-refractivity contribution in [3.63, 3.8) is 0 Å². The van der Waals surface area contributed by atoms with Crippen LogP contribution in [0, 0.1) is 6.92 Å². The number of aromatic nitrogens is 1. The number of hydrogen-bond acceptors (Lipinski definition) is 4. The second-order valence-corrected chi connectivity index (χ2v) is 9.93. The molecule has 2 N–H and O–H groups in total. The molecule has 2 aliphatic rings. The molecule has 0 unspecified atom stereocenters. The van der Waals surface area contributed by atoms with Crippen LogP contribution < -0.4 is 4.31 Å². The van der Waals surface area contributed by atoms with Gasteiger partial charge in [0.2, 0.25) is 11.8 Å². The Labute approximate surface area is 181 Å². The molecule has 6 nitrogen and oxygen atoms in total. The van der Waals surface area contributed by atoms with Crippen LogP contribution in [0.2, 0.25) is 0 Å². The molecule has 2 bridgehead atoms. The molecule has 0 fully saturated rings. The van der Waals surface area contributed by atoms with Crippen molar-refractivity contribution < 1.29 is 18.6 Å². The number of hydrogen-bond donors (Lipinski definition) is 2. The Morgan fingerprint density at radius 1 is 1.00 bits per heavy atom. The summed E-state index contributed by atoms with van der Waals surface area (Å²) in [6, 6.07) is 13.9. The normalized spacial score (nSPS) is 19.0. The van der Waals surface area contributed by atoms with Crippen LogP contribution >= 0.6 is 0 Å². The highest BCUT2D eigenvalue weighted by Gasteiger charge is 2.41. The van der Waals surface area contributed by atoms with Gasteiger partial charge in [-0.2, -0.15) is 0 Å². The SMILES string of the molecule is CCN(c1ccccc1)S(=O)(=O)c1cc(-n2c(O)c3c(c2O)[C@H]2C=C[C@@H]3C2)ccc1C. The molecule has 2 aromatic carbocycles. The Morgan fingerprint density at radius 3 is 2.19 bits per heavy atom. The van der Waals surface area contributed by atoms with Gasteiger partial charge in [-0.1, -0.05) is 36.4 Å². The highest BCUT2D eigenvalue weighted by Crippen LogP contribution is 2.57. The van der Waals surface area contributed by atoms with Crippen molar-refractivity contribution in [2.75, 3.05) is 10.8 Å². The van der Waals surface area contributed by atoms with Gasteiger partial charge in [-0.05, 0) is 50.1 Å². The topological polar surface area (TPSA) is 82.8 Å². The molecule has 0 radical (unpaired) electrons. The summed E-state index contributed by atoms with van der Waals surface area (Å²) in [5.41, 5.74) is 3.09. The van der Waals surface area contributed by atoms with E-state index < -0.39 is 10.0 Å². The van der Waals surface area contributed by atoms with Crippen molar-refractivity contribution in [3.05, 3.63) is 77.4 Å². The van der Waals surface area contributed by atoms with Crippen LogP contribution in [0.4, 0.5) is 5.69 Å². The lowest BCUT2D eigenvalue weighted by molar-refractivity contribution is 0.395. The summed E-state index contributed by atoms with van der Waals surface area (Å²) < 4.78 is 29.9. The first-order chi connectivity index (χ1) is 14.8. The van der Waals surface area contributed by atoms with E-state index in [0.717, 1.165) is 17.5 Å². The largest absolute Gasteiger partial charge is 0.494 e. The third-order valence-corrected chi connectivity index (χ3v) is 8.40. The maximum Gasteiger partial charge on any atom is 0.264 e. The Hall–Kier alpha value is -3.19. The zero-order valence-electron chi connectivity index (χ0n) is 17.4. The lowest BCUT2D eigenvalue weighted by atomic mass is 10.0. The molecule has 0 saturated heterocycles. The van der Waals surface area contributed by atoms with Gasteiger partial charge in [0.1, 0.15) is 0 Å². The molecule has 5 rings (SSSR count). The summed E-state index contributed by atoms with van der Waals surface area (Å²) >= 11 is 0. The maximum atomic E-state index is 13.6. The quantitative estimate of drug-likeness (QED) is 0.575. The fraction of sp³-hybridized carbons (Fsp3) is 0.250. The predicted molar refractivity (Wildman–Crippen MR) is 120 cm³/mol. The summed E-state index contributed by atoms with van der Waals surface area (Å²) in [6.07, 6.45) is 4.98. The first-order valence-corrected chi connectivity index (χ1v) is 11.8. The molecule has 31 heavy (non-hydrogen) atoms. The maximum absolute atomic E-state index is 13.6. The van der Waals surface area contributed by atoms with E-state index >= 15 is 0 Å². The third kappa shape index (κ3) is 2.80. The van der Waals surface area contributed by atoms with Gasteiger partial charge >= 0.3 is 0 Å². The molecule has 2 aliphatic carbocycles. The number of benzene rings is 2. The zero-order valence-corrected chi connectivity index (χ0v) is 18.2. The van der Waals surface area contributed by atoms with E-state index in [1.54, 1.807) is 50.2 Å². The molecular formula is C24H24N2O4S. The highest BCUT2D eigenvalue weighted by molar-refractivity contribution is 7.92. The molecule has 0 amide bonds. The Bertz CT molecular complexity index is 1270. The number of para-hydroxylation sites is 1. The van der Waals surface area contributed by atoms with Gasteiger partial charge in [0.05, 0.1) is 16.3 Å². The standard InChI is InChI=1S/C24H24N2O4S/c1-3-25(18-7-5-4-6-8-18)31(29,30)20-14-19(12-9-15(20)2)26-23(27)21-16-10-11-17(13-16)22(21)24(26)28/h4-12,14,16-17,27-28H,3,13H2,1-2H3/t16-,17+. The number of fused-ring (bicyclic) bond motifs is 5. The lowest BCUT2D eigenvalue weighted by Gasteiger charge is -2.24. The smallest absolute Gasteiger partial charge is 0.264 e. The van der Waals surface area contributed by atoms with Crippen molar-refractivity contribution in [3.8, 4) is 17.4 Å². The van der Waals surface area contributed by atoms with Crippen LogP contribution in [0.1, 0.15) is 41.9 Å². The van der Waals surface area contributed by atoms with Gasteiger partial charge in [0, 0.05) is 29.5 Å². The molecule has 0 saturated carbocycles. The van der Waals surface area contributed by atoms with Crippen LogP contribution in [0.5, 0.6) is 11.8 Å². The van der Waals surface area contributed by atoms with Gasteiger partial charge in [-0.15, -0.1) is 0 Å². The third-order valence-electron chi connectivity index (χ3n) is 6.35. The van der Waals surface area contributed by atoms with Crippen molar-refractivity contribution in [2.45, 2.75) is 37.0 Å². The van der Waals surface area contributed by atoms with Crippen LogP contribution in [-0.2, 0) is 10.0 Å². The number of allylic oxidation sites excluding steroid dienone is 2. The average Bonchev–Trinajstić information content (AvgIpc) is 3.43. The number of sulfonamides is 1. The summed E-state index contributed by atoms with van der Waals surface area (Å²) in [6.45, 7) is 3.81. The molecule has 0 spiro atoms. The first-order valence-electron chi connectivity index (χ1n) is 10.4. The summed E-state index contributed by atoms with van der Waals surface area (Å²) in [4.78, 5) is 0.143. The second kappa shape index (κ2) is 6.92. The van der Waals surface area contributed by atoms with Gasteiger partial charge in [0.25, 0.3) is 10.0 Å². The Morgan fingerprint density at radius 2 is 1.61 bits per heavy atom. The molecule has 1 aromatic heterocycles. The molecular weight excluding hydrogens is 412 g/mol. The molecule has 3 aromatic rings. The molecule has 160 valence electrons. The predicted octanol–water partition coefficient (Wildman–Crippen LogP) is 4.55. The van der Waals surface area contributed by atoms with Gasteiger partial charge < -0.3 is 10.2 Å². The number of anilines is 1. The van der Waals surface area contributed by atoms with Crippen molar-refractivity contribution in [1.82, 2.24) is 4.57 Å². The zero-order chi connectivity index (χ0) is 21.9. The lowest BCUT2D eigenvalue weighted by Crippen LogP contribution is -2.31. The van der Waals surface area contributed by atoms with E-state index in [0.29, 0.717) is 16.9 Å². The fourth-order valence-electron chi connectivity index (χ4n) is 4.89. The van der Waals surface area contributed by atoms with E-state index in [-0.39, 0.29) is 35.0 Å². The van der Waals surface area contributed by atoms with E-state index in [9.17, 15) is 18.6 Å². The Balaban J connectivity index is 1.64. The van der Waals surface area contributed by atoms with Crippen molar-refractivity contribution in [2.24, 2.45) is 0 Å². The monoisotopic (exact) mass is 436 g/mol. The van der Waals surface area contributed by atoms with E-state index in [2.05, 4.69) is 12.2 Å². The highest BCUT2D eigenvalue weighted by atomic mass is 32.2. The van der Waals surface area contributed by atoms with Gasteiger partial charge in [0.15, 0.2) is 0 Å². The summed E-state index contributed by atoms with van der Waals surface area (Å²) in [5.74, 6) is 0.142. The fourth-order valence-corrected chi connectivity index (χ4v) is 6.62. The minimum atomic E-state index is -3.85. The minimum Gasteiger partial charge on any atom is -0.494 e. The summed E-state index contributed by atoms with van der Waals surface area (Å²) in [5, 5.41) is 21.8. The minimum absolute atomic E-state index is 0.0213. The van der Waals surface area contributed by atoms with Crippen molar-refractivity contribution >= 4 is 15.7 Å². The number of nitrogens with zero attached hydrogens (tertiary/aromatic N) is 2. The van der Waals surface area contributed by atoms with Crippen LogP contribution in [0.15, 0.2) is 65.6 Å². The average molecular weight is 437 g/mol. The molecule has 0 aliphatic heterocycles. The van der Waals surface area contributed by atoms with Crippen LogP contribution in [0.25, 0.3) is 5.69 Å². The van der Waals surface area contributed by atoms with Crippen molar-refractivity contribution in [1.29, 1.82) is 0 Å². The second-order valence-electron chi connectivity index (χ2n) is 8.10. The first kappa shape index (κ1) is 19.8. The van der Waals surface area contributed by atoms with Gasteiger partial charge in [-0.25, -0.2) is 8.42 Å². The number of aromatic hydroxyl groups is 2. The summed E-state index contributed by atoms with van der Waals surface area (Å²) in [7, 11) is -3.85. The van der Waals surface area contributed by atoms with Gasteiger partial charge in [-0.3, -0.25) is 8.87 Å². The van der Waals surface area contributed by atoms with E-state index in [1.165, 1.54) is 14.9 Å². The number of rotatable bonds is 5. The van der Waals surface area contributed by atoms with E-state index in [1.807, 2.05) is 6.07 Å². The Kier molecular flexibility index (Phi) is 4.41. The molecule has 1 heterocycles. The molecule has 7 heteroatoms. The van der Waals surface area contributed by atoms with Crippen LogP contribution in [-0.4, -0.2) is 29.7 Å². The van der Waals surface area contributed by atoms with E-state index in [4.69, 9.17) is 0 Å².